The first-order valence-electron chi connectivity index (χ1n) is 11.1. The van der Waals surface area contributed by atoms with E-state index in [2.05, 4.69) is 41.4 Å². The maximum absolute atomic E-state index is 11.8. The fourth-order valence-electron chi connectivity index (χ4n) is 3.99. The van der Waals surface area contributed by atoms with Crippen LogP contribution in [0, 0.1) is 5.92 Å². The molecule has 2 heterocycles. The molecular weight excluding hydrogens is 507 g/mol. The number of halogens is 1. The number of hydrogen-bond donors (Lipinski definition) is 1. The summed E-state index contributed by atoms with van der Waals surface area (Å²) in [5.41, 5.74) is 2.36. The van der Waals surface area contributed by atoms with Crippen LogP contribution in [0.15, 0.2) is 29.3 Å². The van der Waals surface area contributed by atoms with Crippen LogP contribution in [0.2, 0.25) is 0 Å². The zero-order valence-corrected chi connectivity index (χ0v) is 21.2. The number of hydrogen-bond acceptors (Lipinski definition) is 4. The van der Waals surface area contributed by atoms with E-state index in [9.17, 15) is 4.79 Å². The molecule has 1 aromatic rings. The Morgan fingerprint density at radius 1 is 1.19 bits per heavy atom. The van der Waals surface area contributed by atoms with Crippen molar-refractivity contribution in [3.63, 3.8) is 0 Å². The molecule has 2 aliphatic rings. The average molecular weight is 544 g/mol. The van der Waals surface area contributed by atoms with Crippen molar-refractivity contribution in [3.8, 4) is 0 Å². The molecule has 0 radical (unpaired) electrons. The van der Waals surface area contributed by atoms with Crippen molar-refractivity contribution in [2.45, 2.75) is 39.3 Å². The van der Waals surface area contributed by atoms with Gasteiger partial charge in [-0.15, -0.1) is 24.0 Å². The summed E-state index contributed by atoms with van der Waals surface area (Å²) in [5.74, 6) is 1.79. The summed E-state index contributed by atoms with van der Waals surface area (Å²) in [7, 11) is 1.70. The number of carbonyl (C=O) groups excluding carboxylic acids is 1. The number of methoxy groups -OCH3 is 1. The highest BCUT2D eigenvalue weighted by Crippen LogP contribution is 2.18. The van der Waals surface area contributed by atoms with E-state index in [1.165, 1.54) is 11.1 Å². The summed E-state index contributed by atoms with van der Waals surface area (Å²) < 4.78 is 10.7. The summed E-state index contributed by atoms with van der Waals surface area (Å²) >= 11 is 0. The largest absolute Gasteiger partial charge is 0.382 e. The topological polar surface area (TPSA) is 66.4 Å². The number of nitrogens with zero attached hydrogens (tertiary/aromatic N) is 3. The van der Waals surface area contributed by atoms with Gasteiger partial charge in [-0.05, 0) is 30.9 Å². The SMILES string of the molecule is CCNC(=NCc1ccc(CN2CCCC2=O)cc1)N1CCC(COCCOC)C1.I. The zero-order valence-electron chi connectivity index (χ0n) is 18.8. The average Bonchev–Trinajstić information content (AvgIpc) is 3.39. The molecule has 0 bridgehead atoms. The minimum atomic E-state index is 0. The van der Waals surface area contributed by atoms with Crippen LogP contribution in [0.5, 0.6) is 0 Å². The minimum Gasteiger partial charge on any atom is -0.382 e. The Kier molecular flexibility index (Phi) is 11.6. The molecule has 2 aliphatic heterocycles. The molecule has 3 rings (SSSR count). The first-order chi connectivity index (χ1) is 14.7. The first kappa shape index (κ1) is 25.9. The molecule has 2 fully saturated rings. The molecule has 0 spiro atoms. The van der Waals surface area contributed by atoms with E-state index < -0.39 is 0 Å². The fourth-order valence-corrected chi connectivity index (χ4v) is 3.99. The summed E-state index contributed by atoms with van der Waals surface area (Å²) in [4.78, 5) is 20.9. The highest BCUT2D eigenvalue weighted by molar-refractivity contribution is 14.0. The van der Waals surface area contributed by atoms with Gasteiger partial charge >= 0.3 is 0 Å². The number of likely N-dealkylation sites (tertiary alicyclic amines) is 2. The normalized spacial score (nSPS) is 19.1. The first-order valence-corrected chi connectivity index (χ1v) is 11.1. The lowest BCUT2D eigenvalue weighted by molar-refractivity contribution is -0.128. The molecule has 1 amide bonds. The fraction of sp³-hybridized carbons (Fsp3) is 0.652. The van der Waals surface area contributed by atoms with E-state index in [0.717, 1.165) is 51.6 Å². The van der Waals surface area contributed by atoms with E-state index in [1.807, 2.05) is 4.90 Å². The van der Waals surface area contributed by atoms with Crippen molar-refractivity contribution in [2.24, 2.45) is 10.9 Å². The standard InChI is InChI=1S/C23H36N4O3.HI/c1-3-24-23(27-12-10-21(17-27)18-30-14-13-29-2)25-15-19-6-8-20(9-7-19)16-26-11-4-5-22(26)28;/h6-9,21H,3-5,10-18H2,1-2H3,(H,24,25);1H. The smallest absolute Gasteiger partial charge is 0.222 e. The van der Waals surface area contributed by atoms with E-state index in [1.54, 1.807) is 7.11 Å². The van der Waals surface area contributed by atoms with Gasteiger partial charge in [0.25, 0.3) is 0 Å². The van der Waals surface area contributed by atoms with Gasteiger partial charge in [0.1, 0.15) is 0 Å². The van der Waals surface area contributed by atoms with Crippen LogP contribution in [0.1, 0.15) is 37.3 Å². The Bertz CT molecular complexity index is 699. The molecule has 0 aromatic heterocycles. The van der Waals surface area contributed by atoms with Crippen molar-refractivity contribution in [1.82, 2.24) is 15.1 Å². The van der Waals surface area contributed by atoms with Crippen LogP contribution in [-0.4, -0.2) is 74.8 Å². The second kappa shape index (κ2) is 13.9. The van der Waals surface area contributed by atoms with E-state index in [-0.39, 0.29) is 29.9 Å². The predicted molar refractivity (Wildman–Crippen MR) is 134 cm³/mol. The molecule has 1 aromatic carbocycles. The molecule has 174 valence electrons. The number of amides is 1. The molecule has 1 N–H and O–H groups in total. The summed E-state index contributed by atoms with van der Waals surface area (Å²) in [5, 5.41) is 3.43. The lowest BCUT2D eigenvalue weighted by Crippen LogP contribution is -2.40. The minimum absolute atomic E-state index is 0. The molecule has 1 unspecified atom stereocenters. The van der Waals surface area contributed by atoms with Crippen molar-refractivity contribution < 1.29 is 14.3 Å². The third kappa shape index (κ3) is 8.23. The van der Waals surface area contributed by atoms with Crippen molar-refractivity contribution >= 4 is 35.8 Å². The number of nitrogens with one attached hydrogen (secondary N) is 1. The van der Waals surface area contributed by atoms with Crippen LogP contribution in [0.25, 0.3) is 0 Å². The molecule has 8 heteroatoms. The van der Waals surface area contributed by atoms with Crippen molar-refractivity contribution in [2.75, 3.05) is 53.1 Å². The van der Waals surface area contributed by atoms with Gasteiger partial charge < -0.3 is 24.6 Å². The Balaban J connectivity index is 0.00000341. The van der Waals surface area contributed by atoms with Gasteiger partial charge in [-0.25, -0.2) is 4.99 Å². The molecule has 0 aliphatic carbocycles. The number of aliphatic imine (C=N–C) groups is 1. The van der Waals surface area contributed by atoms with Gasteiger partial charge in [0, 0.05) is 52.2 Å². The van der Waals surface area contributed by atoms with Crippen LogP contribution in [-0.2, 0) is 27.4 Å². The van der Waals surface area contributed by atoms with Crippen LogP contribution < -0.4 is 5.32 Å². The number of benzene rings is 1. The van der Waals surface area contributed by atoms with Gasteiger partial charge in [0.15, 0.2) is 5.96 Å². The maximum Gasteiger partial charge on any atom is 0.222 e. The number of ether oxygens (including phenoxy) is 2. The van der Waals surface area contributed by atoms with Crippen molar-refractivity contribution in [1.29, 1.82) is 0 Å². The lowest BCUT2D eigenvalue weighted by atomic mass is 10.1. The molecule has 2 saturated heterocycles. The monoisotopic (exact) mass is 544 g/mol. The Labute approximate surface area is 203 Å². The van der Waals surface area contributed by atoms with Gasteiger partial charge in [-0.3, -0.25) is 4.79 Å². The quantitative estimate of drug-likeness (QED) is 0.213. The number of rotatable bonds is 10. The molecule has 31 heavy (non-hydrogen) atoms. The number of guanidine groups is 1. The summed E-state index contributed by atoms with van der Waals surface area (Å²) in [6.07, 6.45) is 2.80. The summed E-state index contributed by atoms with van der Waals surface area (Å²) in [6, 6.07) is 8.48. The van der Waals surface area contributed by atoms with Crippen molar-refractivity contribution in [3.05, 3.63) is 35.4 Å². The summed E-state index contributed by atoms with van der Waals surface area (Å²) in [6.45, 7) is 9.26. The molecular formula is C23H37IN4O3. The van der Waals surface area contributed by atoms with Crippen LogP contribution in [0.4, 0.5) is 0 Å². The zero-order chi connectivity index (χ0) is 21.2. The highest BCUT2D eigenvalue weighted by Gasteiger charge is 2.25. The van der Waals surface area contributed by atoms with Gasteiger partial charge in [0.05, 0.1) is 26.4 Å². The molecule has 0 saturated carbocycles. The molecule has 1 atom stereocenters. The number of carbonyl (C=O) groups is 1. The maximum atomic E-state index is 11.8. The lowest BCUT2D eigenvalue weighted by Gasteiger charge is -2.22. The van der Waals surface area contributed by atoms with E-state index >= 15 is 0 Å². The molecule has 7 nitrogen and oxygen atoms in total. The van der Waals surface area contributed by atoms with E-state index in [0.29, 0.717) is 38.6 Å². The Hall–Kier alpha value is -1.39. The van der Waals surface area contributed by atoms with Gasteiger partial charge in [-0.2, -0.15) is 0 Å². The van der Waals surface area contributed by atoms with E-state index in [4.69, 9.17) is 14.5 Å². The Morgan fingerprint density at radius 2 is 1.97 bits per heavy atom. The van der Waals surface area contributed by atoms with Crippen LogP contribution in [0.3, 0.4) is 0 Å². The predicted octanol–water partition coefficient (Wildman–Crippen LogP) is 2.88. The third-order valence-corrected chi connectivity index (χ3v) is 5.68. The third-order valence-electron chi connectivity index (χ3n) is 5.68. The second-order valence-electron chi connectivity index (χ2n) is 8.07. The second-order valence-corrected chi connectivity index (χ2v) is 8.07. The van der Waals surface area contributed by atoms with Crippen LogP contribution >= 0.6 is 24.0 Å². The van der Waals surface area contributed by atoms with Gasteiger partial charge in [-0.1, -0.05) is 24.3 Å². The van der Waals surface area contributed by atoms with Gasteiger partial charge in [0.2, 0.25) is 5.91 Å². The highest BCUT2D eigenvalue weighted by atomic mass is 127. The Morgan fingerprint density at radius 3 is 2.65 bits per heavy atom.